The highest BCUT2D eigenvalue weighted by Crippen LogP contribution is 2.40. The molecule has 1 rings (SSSR count). The molecule has 0 saturated carbocycles. The van der Waals surface area contributed by atoms with Gasteiger partial charge >= 0.3 is 5.97 Å². The largest absolute Gasteiger partial charge is 0.481 e. The van der Waals surface area contributed by atoms with Gasteiger partial charge in [0.25, 0.3) is 0 Å². The van der Waals surface area contributed by atoms with Crippen LogP contribution in [0.2, 0.25) is 0 Å². The monoisotopic (exact) mass is 417 g/mol. The molecular formula is C26H43NO3. The van der Waals surface area contributed by atoms with Gasteiger partial charge in [-0.15, -0.1) is 0 Å². The Labute approximate surface area is 183 Å². The minimum Gasteiger partial charge on any atom is -0.481 e. The van der Waals surface area contributed by atoms with Gasteiger partial charge in [-0.1, -0.05) is 81.9 Å². The van der Waals surface area contributed by atoms with Crippen molar-refractivity contribution >= 4 is 11.9 Å². The van der Waals surface area contributed by atoms with Gasteiger partial charge in [-0.25, -0.2) is 0 Å². The number of allylic oxidation sites excluding steroid dienone is 4. The molecule has 0 heterocycles. The third-order valence-electron chi connectivity index (χ3n) is 6.13. The van der Waals surface area contributed by atoms with E-state index >= 15 is 0 Å². The van der Waals surface area contributed by atoms with Crippen LogP contribution in [-0.4, -0.2) is 23.5 Å². The van der Waals surface area contributed by atoms with E-state index in [9.17, 15) is 14.7 Å². The molecule has 0 aromatic carbocycles. The lowest BCUT2D eigenvalue weighted by Crippen LogP contribution is -2.48. The van der Waals surface area contributed by atoms with Gasteiger partial charge < -0.3 is 10.4 Å². The molecule has 4 nitrogen and oxygen atoms in total. The predicted octanol–water partition coefficient (Wildman–Crippen LogP) is 6.44. The average Bonchev–Trinajstić information content (AvgIpc) is 2.71. The van der Waals surface area contributed by atoms with Gasteiger partial charge in [0.15, 0.2) is 0 Å². The molecule has 3 unspecified atom stereocenters. The maximum Gasteiger partial charge on any atom is 0.311 e. The van der Waals surface area contributed by atoms with Crippen molar-refractivity contribution in [2.45, 2.75) is 91.9 Å². The molecule has 170 valence electrons. The molecule has 2 N–H and O–H groups in total. The highest BCUT2D eigenvalue weighted by molar-refractivity contribution is 5.91. The van der Waals surface area contributed by atoms with Crippen molar-refractivity contribution in [2.75, 3.05) is 6.54 Å². The molecule has 1 aliphatic carbocycles. The maximum absolute atomic E-state index is 13.2. The molecule has 0 saturated heterocycles. The molecule has 0 spiro atoms. The second-order valence-electron chi connectivity index (χ2n) is 9.13. The second kappa shape index (κ2) is 14.2. The molecule has 1 aliphatic rings. The molecule has 30 heavy (non-hydrogen) atoms. The van der Waals surface area contributed by atoms with Crippen molar-refractivity contribution in [2.24, 2.45) is 17.3 Å². The minimum absolute atomic E-state index is 0.138. The van der Waals surface area contributed by atoms with Crippen LogP contribution in [0.4, 0.5) is 0 Å². The molecular weight excluding hydrogens is 374 g/mol. The van der Waals surface area contributed by atoms with E-state index in [4.69, 9.17) is 0 Å². The summed E-state index contributed by atoms with van der Waals surface area (Å²) < 4.78 is 0. The molecule has 0 aromatic heterocycles. The van der Waals surface area contributed by atoms with Crippen LogP contribution in [0.25, 0.3) is 0 Å². The summed E-state index contributed by atoms with van der Waals surface area (Å²) >= 11 is 0. The Hall–Kier alpha value is -1.84. The summed E-state index contributed by atoms with van der Waals surface area (Å²) in [6.45, 7) is 9.22. The molecule has 3 atom stereocenters. The SMILES string of the molecule is CCCCCCCCNC(=O)C1(CCC(C)CCC=C(C)C)C=CC=CC1C(=O)O. The molecule has 0 bridgehead atoms. The van der Waals surface area contributed by atoms with Crippen LogP contribution >= 0.6 is 0 Å². The molecule has 0 radical (unpaired) electrons. The van der Waals surface area contributed by atoms with Gasteiger partial charge in [-0.05, 0) is 51.9 Å². The van der Waals surface area contributed by atoms with Crippen molar-refractivity contribution < 1.29 is 14.7 Å². The fourth-order valence-corrected chi connectivity index (χ4v) is 4.11. The minimum atomic E-state index is -0.992. The maximum atomic E-state index is 13.2. The van der Waals surface area contributed by atoms with Gasteiger partial charge in [0, 0.05) is 6.54 Å². The summed E-state index contributed by atoms with van der Waals surface area (Å²) in [5.41, 5.74) is 0.326. The Morgan fingerprint density at radius 2 is 1.80 bits per heavy atom. The predicted molar refractivity (Wildman–Crippen MR) is 125 cm³/mol. The number of carbonyl (C=O) groups excluding carboxylic acids is 1. The Kier molecular flexibility index (Phi) is 12.4. The summed E-state index contributed by atoms with van der Waals surface area (Å²) in [6, 6.07) is 0. The fourth-order valence-electron chi connectivity index (χ4n) is 4.11. The number of rotatable bonds is 15. The van der Waals surface area contributed by atoms with Gasteiger partial charge in [0.1, 0.15) is 0 Å². The molecule has 1 amide bonds. The van der Waals surface area contributed by atoms with Gasteiger partial charge in [0.05, 0.1) is 11.3 Å². The van der Waals surface area contributed by atoms with Crippen LogP contribution in [0.15, 0.2) is 36.0 Å². The van der Waals surface area contributed by atoms with E-state index in [0.29, 0.717) is 18.9 Å². The number of carboxylic acids is 1. The van der Waals surface area contributed by atoms with Crippen molar-refractivity contribution in [1.29, 1.82) is 0 Å². The zero-order valence-corrected chi connectivity index (χ0v) is 19.6. The zero-order chi connectivity index (χ0) is 22.4. The first kappa shape index (κ1) is 26.2. The highest BCUT2D eigenvalue weighted by atomic mass is 16.4. The van der Waals surface area contributed by atoms with Gasteiger partial charge in [0.2, 0.25) is 5.91 Å². The summed E-state index contributed by atoms with van der Waals surface area (Å²) in [7, 11) is 0. The van der Waals surface area contributed by atoms with Gasteiger partial charge in [-0.2, -0.15) is 0 Å². The molecule has 0 aromatic rings. The fraction of sp³-hybridized carbons (Fsp3) is 0.692. The lowest BCUT2D eigenvalue weighted by atomic mass is 9.68. The number of carboxylic acid groups (broad SMARTS) is 1. The highest BCUT2D eigenvalue weighted by Gasteiger charge is 2.46. The van der Waals surface area contributed by atoms with E-state index in [0.717, 1.165) is 32.1 Å². The van der Waals surface area contributed by atoms with E-state index in [1.165, 1.54) is 31.3 Å². The lowest BCUT2D eigenvalue weighted by Gasteiger charge is -2.36. The lowest BCUT2D eigenvalue weighted by molar-refractivity contribution is -0.148. The number of amides is 1. The number of nitrogens with one attached hydrogen (secondary N) is 1. The van der Waals surface area contributed by atoms with Gasteiger partial charge in [-0.3, -0.25) is 9.59 Å². The summed E-state index contributed by atoms with van der Waals surface area (Å²) in [5, 5.41) is 12.9. The topological polar surface area (TPSA) is 66.4 Å². The van der Waals surface area contributed by atoms with E-state index in [1.807, 2.05) is 12.2 Å². The number of hydrogen-bond donors (Lipinski definition) is 2. The van der Waals surface area contributed by atoms with Crippen molar-refractivity contribution in [1.82, 2.24) is 5.32 Å². The quantitative estimate of drug-likeness (QED) is 0.238. The Morgan fingerprint density at radius 3 is 2.47 bits per heavy atom. The first-order chi connectivity index (χ1) is 14.3. The molecule has 0 fully saturated rings. The van der Waals surface area contributed by atoms with E-state index in [1.54, 1.807) is 12.2 Å². The third kappa shape index (κ3) is 8.89. The normalized spacial score (nSPS) is 21.3. The molecule has 0 aliphatic heterocycles. The summed E-state index contributed by atoms with van der Waals surface area (Å²) in [4.78, 5) is 25.2. The number of unbranched alkanes of at least 4 members (excludes halogenated alkanes) is 5. The summed E-state index contributed by atoms with van der Waals surface area (Å²) in [5.74, 6) is -1.43. The number of carbonyl (C=O) groups is 2. The van der Waals surface area contributed by atoms with Crippen molar-refractivity contribution in [3.63, 3.8) is 0 Å². The zero-order valence-electron chi connectivity index (χ0n) is 19.6. The van der Waals surface area contributed by atoms with Crippen LogP contribution in [0.5, 0.6) is 0 Å². The smallest absolute Gasteiger partial charge is 0.311 e. The Bertz CT molecular complexity index is 616. The second-order valence-corrected chi connectivity index (χ2v) is 9.13. The van der Waals surface area contributed by atoms with Crippen molar-refractivity contribution in [3.8, 4) is 0 Å². The van der Waals surface area contributed by atoms with E-state index in [-0.39, 0.29) is 5.91 Å². The molecule has 4 heteroatoms. The Balaban J connectivity index is 2.71. The van der Waals surface area contributed by atoms with Crippen LogP contribution in [0, 0.1) is 17.3 Å². The first-order valence-corrected chi connectivity index (χ1v) is 11.8. The summed E-state index contributed by atoms with van der Waals surface area (Å²) in [6.07, 6.45) is 19.8. The Morgan fingerprint density at radius 1 is 1.10 bits per heavy atom. The van der Waals surface area contributed by atoms with Crippen molar-refractivity contribution in [3.05, 3.63) is 36.0 Å². The first-order valence-electron chi connectivity index (χ1n) is 11.8. The van der Waals surface area contributed by atoms with Crippen LogP contribution < -0.4 is 5.32 Å². The van der Waals surface area contributed by atoms with E-state index < -0.39 is 17.3 Å². The van der Waals surface area contributed by atoms with E-state index in [2.05, 4.69) is 39.1 Å². The number of aliphatic carboxylic acids is 1. The third-order valence-corrected chi connectivity index (χ3v) is 6.13. The number of hydrogen-bond acceptors (Lipinski definition) is 2. The van der Waals surface area contributed by atoms with Crippen LogP contribution in [-0.2, 0) is 9.59 Å². The standard InChI is InChI=1S/C26H43NO3/c1-5-6-7-8-9-12-20-27-25(30)26(18-11-10-16-23(26)24(28)29)19-17-22(4)15-13-14-21(2)3/h10-11,14,16,18,22-23H,5-9,12-13,15,17,19-20H2,1-4H3,(H,27,30)(H,28,29). The van der Waals surface area contributed by atoms with Crippen LogP contribution in [0.1, 0.15) is 91.9 Å². The average molecular weight is 418 g/mol. The van der Waals surface area contributed by atoms with Crippen LogP contribution in [0.3, 0.4) is 0 Å².